The van der Waals surface area contributed by atoms with Crippen LogP contribution < -0.4 is 5.32 Å². The summed E-state index contributed by atoms with van der Waals surface area (Å²) in [6.07, 6.45) is 52.8. The first-order chi connectivity index (χ1) is 29.0. The second-order valence-corrected chi connectivity index (χ2v) is 20.4. The minimum Gasteiger partial charge on any atom is -0.387 e. The fourth-order valence-electron chi connectivity index (χ4n) is 7.57. The second kappa shape index (κ2) is 43.2. The maximum Gasteiger partial charge on any atom is 0.472 e. The fourth-order valence-corrected chi connectivity index (χ4v) is 8.30. The number of carbonyl (C=O) groups is 1. The Kier molecular flexibility index (Phi) is 42.5. The van der Waals surface area contributed by atoms with Gasteiger partial charge in [0.15, 0.2) is 0 Å². The Balaban J connectivity index is 4.06. The Morgan fingerprint density at radius 2 is 0.900 bits per heavy atom. The van der Waals surface area contributed by atoms with Gasteiger partial charge in [0.2, 0.25) is 5.91 Å². The molecule has 0 aromatic heterocycles. The summed E-state index contributed by atoms with van der Waals surface area (Å²) >= 11 is 0. The van der Waals surface area contributed by atoms with E-state index in [9.17, 15) is 19.4 Å². The number of quaternary nitrogens is 1. The number of allylic oxidation sites excluding steroid dienone is 3. The highest BCUT2D eigenvalue weighted by Gasteiger charge is 2.27. The maximum atomic E-state index is 12.9. The van der Waals surface area contributed by atoms with E-state index in [0.29, 0.717) is 17.4 Å². The van der Waals surface area contributed by atoms with E-state index in [-0.39, 0.29) is 19.1 Å². The summed E-state index contributed by atoms with van der Waals surface area (Å²) in [4.78, 5) is 23.1. The molecule has 0 spiro atoms. The summed E-state index contributed by atoms with van der Waals surface area (Å²) in [6, 6.07) is -0.842. The van der Waals surface area contributed by atoms with Crippen molar-refractivity contribution in [2.45, 2.75) is 257 Å². The summed E-state index contributed by atoms with van der Waals surface area (Å²) in [5.74, 6) is -0.177. The van der Waals surface area contributed by atoms with Gasteiger partial charge < -0.3 is 19.8 Å². The predicted octanol–water partition coefficient (Wildman–Crippen LogP) is 14.9. The minimum atomic E-state index is -4.33. The summed E-state index contributed by atoms with van der Waals surface area (Å²) in [5, 5.41) is 13.8. The van der Waals surface area contributed by atoms with Gasteiger partial charge in [-0.05, 0) is 44.9 Å². The van der Waals surface area contributed by atoms with Crippen LogP contribution in [-0.2, 0) is 18.4 Å². The molecule has 0 bridgehead atoms. The van der Waals surface area contributed by atoms with Crippen molar-refractivity contribution in [3.63, 3.8) is 0 Å². The maximum absolute atomic E-state index is 12.9. The van der Waals surface area contributed by atoms with Crippen molar-refractivity contribution < 1.29 is 32.9 Å². The minimum absolute atomic E-state index is 0.0627. The first-order valence-corrected chi connectivity index (χ1v) is 27.2. The van der Waals surface area contributed by atoms with E-state index in [0.717, 1.165) is 38.5 Å². The van der Waals surface area contributed by atoms with Gasteiger partial charge >= 0.3 is 7.82 Å². The highest BCUT2D eigenvalue weighted by Crippen LogP contribution is 2.43. The molecule has 0 fully saturated rings. The zero-order valence-corrected chi connectivity index (χ0v) is 41.4. The molecule has 3 unspecified atom stereocenters. The third kappa shape index (κ3) is 45.0. The van der Waals surface area contributed by atoms with Crippen molar-refractivity contribution in [3.8, 4) is 0 Å². The van der Waals surface area contributed by atoms with E-state index in [1.807, 2.05) is 27.2 Å². The van der Waals surface area contributed by atoms with E-state index < -0.39 is 20.0 Å². The molecule has 60 heavy (non-hydrogen) atoms. The normalized spacial score (nSPS) is 14.3. The largest absolute Gasteiger partial charge is 0.472 e. The van der Waals surface area contributed by atoms with Gasteiger partial charge in [-0.1, -0.05) is 218 Å². The number of phosphoric ester groups is 1. The van der Waals surface area contributed by atoms with Crippen LogP contribution in [0.5, 0.6) is 0 Å². The summed E-state index contributed by atoms with van der Waals surface area (Å²) in [7, 11) is 1.58. The number of carbonyl (C=O) groups excluding carboxylic acids is 1. The van der Waals surface area contributed by atoms with Crippen LogP contribution >= 0.6 is 7.82 Å². The standard InChI is InChI=1S/C51H101N2O6P/c1-6-8-10-12-14-16-18-19-20-21-22-23-24-25-26-27-28-29-30-31-32-33-34-35-37-39-41-43-45-51(55)52-49(48-59-60(56,57)58-47-46-53(3,4)5)50(54)44-42-40-38-36-17-15-13-11-9-7-2/h25-26,42,44,49-50,54H,6-24,27-41,43,45-48H2,1-5H3,(H-,52,55,56,57)/p+1/b26-25-,44-42+. The van der Waals surface area contributed by atoms with Gasteiger partial charge in [-0.2, -0.15) is 0 Å². The molecule has 8 nitrogen and oxygen atoms in total. The molecule has 0 radical (unpaired) electrons. The van der Waals surface area contributed by atoms with E-state index in [1.165, 1.54) is 186 Å². The van der Waals surface area contributed by atoms with E-state index in [4.69, 9.17) is 9.05 Å². The van der Waals surface area contributed by atoms with Gasteiger partial charge in [0, 0.05) is 6.42 Å². The number of hydrogen-bond acceptors (Lipinski definition) is 5. The Morgan fingerprint density at radius 1 is 0.550 bits per heavy atom. The molecule has 3 atom stereocenters. The Labute approximate surface area is 373 Å². The molecule has 0 heterocycles. The zero-order valence-electron chi connectivity index (χ0n) is 40.5. The molecule has 0 aromatic carbocycles. The lowest BCUT2D eigenvalue weighted by Crippen LogP contribution is -2.45. The highest BCUT2D eigenvalue weighted by atomic mass is 31.2. The van der Waals surface area contributed by atoms with Crippen molar-refractivity contribution in [1.29, 1.82) is 0 Å². The van der Waals surface area contributed by atoms with Crippen molar-refractivity contribution in [3.05, 3.63) is 24.3 Å². The number of likely N-dealkylation sites (N-methyl/N-ethyl adjacent to an activating group) is 1. The molecule has 0 rings (SSSR count). The van der Waals surface area contributed by atoms with Gasteiger partial charge in [-0.3, -0.25) is 13.8 Å². The van der Waals surface area contributed by atoms with Gasteiger partial charge in [0.05, 0.1) is 39.9 Å². The Bertz CT molecular complexity index is 1030. The lowest BCUT2D eigenvalue weighted by Gasteiger charge is -2.25. The van der Waals surface area contributed by atoms with Crippen LogP contribution in [0.4, 0.5) is 0 Å². The first kappa shape index (κ1) is 59.0. The van der Waals surface area contributed by atoms with Crippen LogP contribution in [0.25, 0.3) is 0 Å². The van der Waals surface area contributed by atoms with Gasteiger partial charge in [0.1, 0.15) is 13.2 Å². The monoisotopic (exact) mass is 870 g/mol. The second-order valence-electron chi connectivity index (χ2n) is 18.9. The lowest BCUT2D eigenvalue weighted by atomic mass is 10.0. The number of nitrogens with one attached hydrogen (secondary N) is 1. The van der Waals surface area contributed by atoms with E-state index in [2.05, 4.69) is 31.3 Å². The molecule has 0 aliphatic rings. The van der Waals surface area contributed by atoms with E-state index >= 15 is 0 Å². The van der Waals surface area contributed by atoms with Crippen LogP contribution in [0, 0.1) is 0 Å². The molecular formula is C51H102N2O6P+. The number of aliphatic hydroxyl groups is 1. The SMILES string of the molecule is CCCCCCCCCC/C=C/C(O)C(COP(=O)(O)OCC[N+](C)(C)C)NC(=O)CCCCCCCCCCCCCC/C=C\CCCCCCCCCCCCCC. The molecule has 0 aliphatic carbocycles. The fraction of sp³-hybridized carbons (Fsp3) is 0.902. The summed E-state index contributed by atoms with van der Waals surface area (Å²) in [5.41, 5.74) is 0. The average Bonchev–Trinajstić information content (AvgIpc) is 3.20. The van der Waals surface area contributed by atoms with Crippen LogP contribution in [0.15, 0.2) is 24.3 Å². The molecule has 3 N–H and O–H groups in total. The topological polar surface area (TPSA) is 105 Å². The van der Waals surface area contributed by atoms with Crippen molar-refractivity contribution in [2.24, 2.45) is 0 Å². The molecule has 9 heteroatoms. The number of unbranched alkanes of at least 4 members (excludes halogenated alkanes) is 32. The van der Waals surface area contributed by atoms with Crippen LogP contribution in [0.3, 0.4) is 0 Å². The number of hydrogen-bond donors (Lipinski definition) is 3. The van der Waals surface area contributed by atoms with Gasteiger partial charge in [0.25, 0.3) is 0 Å². The van der Waals surface area contributed by atoms with Crippen molar-refractivity contribution in [1.82, 2.24) is 5.32 Å². The average molecular weight is 870 g/mol. The number of phosphoric acid groups is 1. The number of aliphatic hydroxyl groups excluding tert-OH is 1. The first-order valence-electron chi connectivity index (χ1n) is 25.7. The lowest BCUT2D eigenvalue weighted by molar-refractivity contribution is -0.870. The number of rotatable bonds is 47. The predicted molar refractivity (Wildman–Crippen MR) is 258 cm³/mol. The summed E-state index contributed by atoms with van der Waals surface area (Å²) in [6.45, 7) is 4.81. The number of amides is 1. The quantitative estimate of drug-likeness (QED) is 0.0243. The molecular weight excluding hydrogens is 768 g/mol. The zero-order chi connectivity index (χ0) is 44.3. The van der Waals surface area contributed by atoms with Crippen molar-refractivity contribution in [2.75, 3.05) is 40.9 Å². The Hall–Kier alpha value is -1.02. The molecule has 0 saturated heterocycles. The third-order valence-electron chi connectivity index (χ3n) is 11.7. The molecule has 0 aliphatic heterocycles. The van der Waals surface area contributed by atoms with Crippen LogP contribution in [0.1, 0.15) is 245 Å². The van der Waals surface area contributed by atoms with E-state index in [1.54, 1.807) is 6.08 Å². The van der Waals surface area contributed by atoms with Crippen LogP contribution in [0.2, 0.25) is 0 Å². The third-order valence-corrected chi connectivity index (χ3v) is 12.6. The summed E-state index contributed by atoms with van der Waals surface area (Å²) < 4.78 is 23.6. The molecule has 0 saturated carbocycles. The highest BCUT2D eigenvalue weighted by molar-refractivity contribution is 7.47. The smallest absolute Gasteiger partial charge is 0.387 e. The van der Waals surface area contributed by atoms with Crippen LogP contribution in [-0.4, -0.2) is 73.4 Å². The van der Waals surface area contributed by atoms with Crippen molar-refractivity contribution >= 4 is 13.7 Å². The number of nitrogens with zero attached hydrogens (tertiary/aromatic N) is 1. The Morgan fingerprint density at radius 3 is 1.28 bits per heavy atom. The molecule has 0 aromatic rings. The molecule has 356 valence electrons. The van der Waals surface area contributed by atoms with Gasteiger partial charge in [-0.15, -0.1) is 0 Å². The van der Waals surface area contributed by atoms with Gasteiger partial charge in [-0.25, -0.2) is 4.57 Å². The molecule has 1 amide bonds.